The molecule has 1 amide bonds. The smallest absolute Gasteiger partial charge is 0.224 e. The molecule has 0 fully saturated rings. The minimum Gasteiger partial charge on any atom is -0.369 e. The van der Waals surface area contributed by atoms with E-state index in [4.69, 9.17) is 5.73 Å². The zero-order valence-electron chi connectivity index (χ0n) is 17.3. The van der Waals surface area contributed by atoms with Gasteiger partial charge in [0.05, 0.1) is 18.3 Å². The predicted molar refractivity (Wildman–Crippen MR) is 124 cm³/mol. The Kier molecular flexibility index (Phi) is 6.84. The molecular formula is C23H20F2N6OS. The number of H-pyrrole nitrogens is 1. The molecule has 2 aromatic heterocycles. The summed E-state index contributed by atoms with van der Waals surface area (Å²) in [7, 11) is 0. The Bertz CT molecular complexity index is 1220. The van der Waals surface area contributed by atoms with Crippen LogP contribution in [0.2, 0.25) is 0 Å². The summed E-state index contributed by atoms with van der Waals surface area (Å²) in [5.74, 6) is -0.555. The molecule has 4 aromatic rings. The molecule has 4 rings (SSSR count). The highest BCUT2D eigenvalue weighted by molar-refractivity contribution is 8.00. The molecule has 0 aliphatic carbocycles. The van der Waals surface area contributed by atoms with Gasteiger partial charge < -0.3 is 20.8 Å². The maximum Gasteiger partial charge on any atom is 0.224 e. The maximum atomic E-state index is 13.2. The summed E-state index contributed by atoms with van der Waals surface area (Å²) < 4.78 is 29.4. The van der Waals surface area contributed by atoms with Crippen LogP contribution in [-0.4, -0.2) is 20.9 Å². The normalized spacial score (nSPS) is 10.7. The van der Waals surface area contributed by atoms with E-state index in [0.29, 0.717) is 23.2 Å². The van der Waals surface area contributed by atoms with Gasteiger partial charge in [-0.3, -0.25) is 4.79 Å². The summed E-state index contributed by atoms with van der Waals surface area (Å²) in [6, 6.07) is 14.4. The first kappa shape index (κ1) is 22.3. The number of nitrogen functional groups attached to an aromatic ring is 1. The highest BCUT2D eigenvalue weighted by atomic mass is 32.2. The molecule has 7 nitrogen and oxygen atoms in total. The molecule has 168 valence electrons. The van der Waals surface area contributed by atoms with Crippen molar-refractivity contribution in [2.45, 2.75) is 17.9 Å². The van der Waals surface area contributed by atoms with E-state index in [1.165, 1.54) is 12.1 Å². The van der Waals surface area contributed by atoms with E-state index < -0.39 is 11.6 Å². The van der Waals surface area contributed by atoms with Gasteiger partial charge in [-0.1, -0.05) is 30.3 Å². The molecule has 33 heavy (non-hydrogen) atoms. The van der Waals surface area contributed by atoms with Gasteiger partial charge in [-0.2, -0.15) is 0 Å². The average Bonchev–Trinajstić information content (AvgIpc) is 3.23. The number of pyridine rings is 1. The Hall–Kier alpha value is -3.92. The van der Waals surface area contributed by atoms with E-state index in [9.17, 15) is 13.6 Å². The van der Waals surface area contributed by atoms with Gasteiger partial charge in [-0.15, -0.1) is 0 Å². The standard InChI is InChI=1S/C23H20F2N6OS/c24-17-8-18(25)10-19(9-17)33-31-21-6-3-15(12-27-21)7-22(32)28-11-14-1-4-16(5-2-14)20-13-29-23(26)30-20/h1-6,8-10,12-13H,7,11H2,(H,27,31)(H,28,32)(H3,26,29,30). The Labute approximate surface area is 193 Å². The predicted octanol–water partition coefficient (Wildman–Crippen LogP) is 4.31. The molecule has 0 saturated heterocycles. The SMILES string of the molecule is Nc1ncc(-c2ccc(CNC(=O)Cc3ccc(NSc4cc(F)cc(F)c4)nc3)cc2)[nH]1. The Balaban J connectivity index is 1.24. The number of nitrogens with zero attached hydrogens (tertiary/aromatic N) is 2. The van der Waals surface area contributed by atoms with Gasteiger partial charge in [-0.25, -0.2) is 18.7 Å². The van der Waals surface area contributed by atoms with E-state index in [1.807, 2.05) is 24.3 Å². The van der Waals surface area contributed by atoms with Crippen molar-refractivity contribution in [3.8, 4) is 11.3 Å². The molecule has 2 aromatic carbocycles. The van der Waals surface area contributed by atoms with Crippen LogP contribution in [0.25, 0.3) is 11.3 Å². The van der Waals surface area contributed by atoms with Gasteiger partial charge >= 0.3 is 0 Å². The Morgan fingerprint density at radius 1 is 0.970 bits per heavy atom. The zero-order chi connectivity index (χ0) is 23.2. The average molecular weight is 467 g/mol. The molecule has 2 heterocycles. The van der Waals surface area contributed by atoms with Crippen LogP contribution in [0.15, 0.2) is 71.9 Å². The van der Waals surface area contributed by atoms with Gasteiger partial charge in [0.2, 0.25) is 5.91 Å². The molecular weight excluding hydrogens is 446 g/mol. The van der Waals surface area contributed by atoms with Crippen LogP contribution >= 0.6 is 11.9 Å². The second-order valence-corrected chi connectivity index (χ2v) is 8.07. The van der Waals surface area contributed by atoms with Crippen LogP contribution in [0.5, 0.6) is 0 Å². The van der Waals surface area contributed by atoms with Gasteiger partial charge in [0.15, 0.2) is 5.95 Å². The van der Waals surface area contributed by atoms with Crippen LogP contribution < -0.4 is 15.8 Å². The number of hydrogen-bond acceptors (Lipinski definition) is 6. The van der Waals surface area contributed by atoms with Crippen molar-refractivity contribution < 1.29 is 13.6 Å². The number of carbonyl (C=O) groups is 1. The molecule has 0 radical (unpaired) electrons. The molecule has 5 N–H and O–H groups in total. The molecule has 0 bridgehead atoms. The van der Waals surface area contributed by atoms with E-state index in [2.05, 4.69) is 25.0 Å². The lowest BCUT2D eigenvalue weighted by molar-refractivity contribution is -0.120. The number of anilines is 2. The third-order valence-corrected chi connectivity index (χ3v) is 5.43. The quantitative estimate of drug-likeness (QED) is 0.288. The van der Waals surface area contributed by atoms with E-state index in [0.717, 1.165) is 40.4 Å². The second-order valence-electron chi connectivity index (χ2n) is 7.19. The number of nitrogens with two attached hydrogens (primary N) is 1. The topological polar surface area (TPSA) is 109 Å². The van der Waals surface area contributed by atoms with E-state index >= 15 is 0 Å². The van der Waals surface area contributed by atoms with Gasteiger partial charge in [0.25, 0.3) is 0 Å². The number of rotatable bonds is 8. The van der Waals surface area contributed by atoms with E-state index in [-0.39, 0.29) is 12.3 Å². The summed E-state index contributed by atoms with van der Waals surface area (Å²) >= 11 is 1.04. The first-order valence-electron chi connectivity index (χ1n) is 9.95. The number of hydrogen-bond donors (Lipinski definition) is 4. The van der Waals surface area contributed by atoms with Crippen LogP contribution in [0, 0.1) is 11.6 Å². The highest BCUT2D eigenvalue weighted by Crippen LogP contribution is 2.22. The first-order chi connectivity index (χ1) is 15.9. The largest absolute Gasteiger partial charge is 0.369 e. The third-order valence-electron chi connectivity index (χ3n) is 4.65. The maximum absolute atomic E-state index is 13.2. The van der Waals surface area contributed by atoms with Crippen molar-refractivity contribution in [2.75, 3.05) is 10.5 Å². The number of nitrogens with one attached hydrogen (secondary N) is 3. The lowest BCUT2D eigenvalue weighted by atomic mass is 10.1. The number of amides is 1. The lowest BCUT2D eigenvalue weighted by Crippen LogP contribution is -2.24. The van der Waals surface area contributed by atoms with Gasteiger partial charge in [-0.05, 0) is 46.8 Å². The number of imidazole rings is 1. The van der Waals surface area contributed by atoms with Crippen molar-refractivity contribution in [2.24, 2.45) is 0 Å². The Morgan fingerprint density at radius 2 is 1.70 bits per heavy atom. The number of carbonyl (C=O) groups excluding carboxylic acids is 1. The molecule has 0 atom stereocenters. The van der Waals surface area contributed by atoms with Crippen molar-refractivity contribution in [3.05, 3.63) is 89.8 Å². The number of benzene rings is 2. The summed E-state index contributed by atoms with van der Waals surface area (Å²) in [6.07, 6.45) is 3.43. The molecule has 0 aliphatic heterocycles. The first-order valence-corrected chi connectivity index (χ1v) is 10.8. The van der Waals surface area contributed by atoms with Crippen LogP contribution in [0.4, 0.5) is 20.5 Å². The van der Waals surface area contributed by atoms with Crippen molar-refractivity contribution in [3.63, 3.8) is 0 Å². The minimum atomic E-state index is -0.646. The molecule has 0 unspecified atom stereocenters. The monoisotopic (exact) mass is 466 g/mol. The zero-order valence-corrected chi connectivity index (χ0v) is 18.1. The highest BCUT2D eigenvalue weighted by Gasteiger charge is 2.07. The second kappa shape index (κ2) is 10.1. The Morgan fingerprint density at radius 3 is 2.33 bits per heavy atom. The minimum absolute atomic E-state index is 0.132. The molecule has 0 saturated carbocycles. The van der Waals surface area contributed by atoms with Crippen LogP contribution in [-0.2, 0) is 17.8 Å². The number of aromatic nitrogens is 3. The fraction of sp³-hybridized carbons (Fsp3) is 0.0870. The van der Waals surface area contributed by atoms with Crippen LogP contribution in [0.3, 0.4) is 0 Å². The number of aromatic amines is 1. The summed E-state index contributed by atoms with van der Waals surface area (Å²) in [5.41, 5.74) is 9.09. The molecule has 0 spiro atoms. The van der Waals surface area contributed by atoms with Gasteiger partial charge in [0, 0.05) is 23.7 Å². The van der Waals surface area contributed by atoms with Gasteiger partial charge in [0.1, 0.15) is 17.5 Å². The summed E-state index contributed by atoms with van der Waals surface area (Å²) in [4.78, 5) is 23.8. The van der Waals surface area contributed by atoms with Crippen molar-refractivity contribution in [1.82, 2.24) is 20.3 Å². The molecule has 0 aliphatic rings. The van der Waals surface area contributed by atoms with E-state index in [1.54, 1.807) is 24.5 Å². The lowest BCUT2D eigenvalue weighted by Gasteiger charge is -2.08. The fourth-order valence-corrected chi connectivity index (χ4v) is 3.71. The van der Waals surface area contributed by atoms with Crippen LogP contribution in [0.1, 0.15) is 11.1 Å². The van der Waals surface area contributed by atoms with Crippen molar-refractivity contribution in [1.29, 1.82) is 0 Å². The summed E-state index contributed by atoms with van der Waals surface area (Å²) in [5, 5.41) is 2.88. The van der Waals surface area contributed by atoms with Crippen molar-refractivity contribution >= 4 is 29.6 Å². The molecule has 10 heteroatoms. The summed E-state index contributed by atoms with van der Waals surface area (Å²) in [6.45, 7) is 0.401. The third kappa shape index (κ3) is 6.30. The fourth-order valence-electron chi connectivity index (χ4n) is 3.02. The number of halogens is 2.